The quantitative estimate of drug-likeness (QED) is 0.0358. The van der Waals surface area contributed by atoms with Crippen LogP contribution in [0.2, 0.25) is 0 Å². The van der Waals surface area contributed by atoms with Crippen LogP contribution in [0.3, 0.4) is 0 Å². The first-order chi connectivity index (χ1) is 31.0. The number of aliphatic carboxylic acids is 2. The third-order valence-electron chi connectivity index (χ3n) is 11.5. The Kier molecular flexibility index (Phi) is 42.8. The Morgan fingerprint density at radius 2 is 0.708 bits per heavy atom. The smallest absolute Gasteiger partial charge is 0.550 e. The van der Waals surface area contributed by atoms with Crippen LogP contribution < -0.4 is 10.2 Å². The first-order valence-electron chi connectivity index (χ1n) is 25.1. The molecule has 0 amide bonds. The van der Waals surface area contributed by atoms with Gasteiger partial charge >= 0.3 is 60.8 Å². The molecule has 11 heteroatoms. The molecular weight excluding hydrogens is 946 g/mol. The number of rotatable bonds is 40. The molecule has 0 bridgehead atoms. The Hall–Kier alpha value is -2.19. The molecule has 0 aliphatic rings. The normalized spacial score (nSPS) is 12.7. The minimum absolute atomic E-state index is 0. The number of hydrogen-bond acceptors (Lipinski definition) is 10. The summed E-state index contributed by atoms with van der Waals surface area (Å²) in [7, 11) is 0. The fourth-order valence-corrected chi connectivity index (χ4v) is 7.93. The first-order valence-corrected chi connectivity index (χ1v) is 25.1. The van der Waals surface area contributed by atoms with Crippen LogP contribution in [0, 0.1) is 0 Å². The molecule has 65 heavy (non-hydrogen) atoms. The summed E-state index contributed by atoms with van der Waals surface area (Å²) in [5.41, 5.74) is 2.38. The van der Waals surface area contributed by atoms with Crippen molar-refractivity contribution in [1.29, 1.82) is 0 Å². The maximum atomic E-state index is 11.5. The zero-order chi connectivity index (χ0) is 46.9. The van der Waals surface area contributed by atoms with E-state index in [0.29, 0.717) is 26.1 Å². The molecule has 4 atom stereocenters. The van der Waals surface area contributed by atoms with Gasteiger partial charge in [0.05, 0.1) is 25.4 Å². The number of hydrogen-bond donors (Lipinski definition) is 0. The van der Waals surface area contributed by atoms with Crippen molar-refractivity contribution in [2.75, 3.05) is 0 Å². The van der Waals surface area contributed by atoms with Gasteiger partial charge in [-0.2, -0.15) is 0 Å². The van der Waals surface area contributed by atoms with Crippen LogP contribution in [-0.4, -0.2) is 97.2 Å². The van der Waals surface area contributed by atoms with Crippen molar-refractivity contribution in [3.63, 3.8) is 0 Å². The van der Waals surface area contributed by atoms with Gasteiger partial charge in [0.25, 0.3) is 0 Å². The zero-order valence-electron chi connectivity index (χ0n) is 41.1. The van der Waals surface area contributed by atoms with Crippen molar-refractivity contribution < 1.29 is 48.3 Å². The average Bonchev–Trinajstić information content (AvgIpc) is 3.26. The molecule has 0 spiro atoms. The van der Waals surface area contributed by atoms with Crippen LogP contribution in [0.5, 0.6) is 0 Å². The van der Waals surface area contributed by atoms with Crippen molar-refractivity contribution in [3.05, 3.63) is 71.8 Å². The van der Waals surface area contributed by atoms with Gasteiger partial charge in [0.1, 0.15) is 12.2 Å². The molecule has 0 heterocycles. The molecule has 4 unspecified atom stereocenters. The van der Waals surface area contributed by atoms with E-state index in [-0.39, 0.29) is 98.1 Å². The van der Waals surface area contributed by atoms with E-state index in [1.54, 1.807) is 0 Å². The van der Waals surface area contributed by atoms with Crippen molar-refractivity contribution in [3.8, 4) is 0 Å². The van der Waals surface area contributed by atoms with Gasteiger partial charge in [0, 0.05) is 25.8 Å². The monoisotopic (exact) mass is 1030 g/mol. The predicted octanol–water partition coefficient (Wildman–Crippen LogP) is 11.1. The van der Waals surface area contributed by atoms with E-state index in [0.717, 1.165) is 89.9 Å². The minimum atomic E-state index is -1.00. The summed E-state index contributed by atoms with van der Waals surface area (Å²) < 4.78 is 23.5. The van der Waals surface area contributed by atoms with Crippen LogP contribution >= 0.6 is 0 Å². The summed E-state index contributed by atoms with van der Waals surface area (Å²) >= 11 is 0. The second kappa shape index (κ2) is 44.3. The van der Waals surface area contributed by atoms with E-state index in [4.69, 9.17) is 18.9 Å². The topological polar surface area (TPSA) is 151 Å². The van der Waals surface area contributed by atoms with Gasteiger partial charge in [0.15, 0.2) is 0 Å². The number of carboxylic acids is 2. The number of carboxylic acid groups (broad SMARTS) is 2. The summed E-state index contributed by atoms with van der Waals surface area (Å²) in [5.74, 6) is -2.51. The molecular formula is C54H86BaO10. The van der Waals surface area contributed by atoms with E-state index in [1.165, 1.54) is 89.2 Å². The van der Waals surface area contributed by atoms with E-state index in [9.17, 15) is 29.4 Å². The Morgan fingerprint density at radius 1 is 0.415 bits per heavy atom. The molecule has 10 nitrogen and oxygen atoms in total. The number of benzene rings is 2. The third kappa shape index (κ3) is 40.6. The predicted molar refractivity (Wildman–Crippen MR) is 258 cm³/mol. The second-order valence-corrected chi connectivity index (χ2v) is 17.5. The number of carbonyl (C=O) groups excluding carboxylic acids is 4. The van der Waals surface area contributed by atoms with Gasteiger partial charge in [0.2, 0.25) is 0 Å². The van der Waals surface area contributed by atoms with Gasteiger partial charge in [-0.1, -0.05) is 152 Å². The first kappa shape index (κ1) is 62.8. The summed E-state index contributed by atoms with van der Waals surface area (Å²) in [6.45, 7) is 8.62. The third-order valence-corrected chi connectivity index (χ3v) is 11.5. The fraction of sp³-hybridized carbons (Fsp3) is 0.704. The molecule has 0 N–H and O–H groups in total. The number of ether oxygens (including phenoxy) is 4. The molecule has 0 aromatic heterocycles. The number of unbranched alkanes of at least 4 members (excludes halogenated alkanes) is 12. The number of esters is 2. The van der Waals surface area contributed by atoms with Crippen molar-refractivity contribution >= 4 is 72.8 Å². The Labute approximate surface area is 434 Å². The maximum absolute atomic E-state index is 11.5. The molecule has 0 fully saturated rings. The van der Waals surface area contributed by atoms with Crippen LogP contribution in [0.25, 0.3) is 0 Å². The van der Waals surface area contributed by atoms with E-state index in [2.05, 4.69) is 38.1 Å². The molecule has 0 aliphatic carbocycles. The Morgan fingerprint density at radius 3 is 1.03 bits per heavy atom. The van der Waals surface area contributed by atoms with Crippen LogP contribution in [-0.2, 0) is 51.3 Å². The standard InChI is InChI=1S/2C27H44O5.Ba/c2*1-3-4-5-6-11-17-25(31-22-24-15-9-7-10-16-24)19-14-20-26(32-23(2)28)18-12-8-13-21-27(29)30;/h2*7,9-10,15-16,25-26H,3-6,8,11-14,17-22H2,1-2H3,(H,29,30);/q;;+2/p-2. The van der Waals surface area contributed by atoms with Gasteiger partial charge in [-0.25, -0.2) is 0 Å². The van der Waals surface area contributed by atoms with Crippen LogP contribution in [0.1, 0.15) is 219 Å². The zero-order valence-corrected chi connectivity index (χ0v) is 45.5. The minimum Gasteiger partial charge on any atom is -0.550 e. The van der Waals surface area contributed by atoms with E-state index >= 15 is 0 Å². The molecule has 0 saturated heterocycles. The van der Waals surface area contributed by atoms with Crippen molar-refractivity contribution in [1.82, 2.24) is 0 Å². The van der Waals surface area contributed by atoms with Gasteiger partial charge in [-0.05, 0) is 114 Å². The Bertz CT molecular complexity index is 1320. The van der Waals surface area contributed by atoms with Crippen LogP contribution in [0.15, 0.2) is 60.7 Å². The van der Waals surface area contributed by atoms with Gasteiger partial charge in [-0.3, -0.25) is 9.59 Å². The Balaban J connectivity index is 0.00000124. The largest absolute Gasteiger partial charge is 2.00 e. The molecule has 0 aliphatic heterocycles. The summed E-state index contributed by atoms with van der Waals surface area (Å²) in [5, 5.41) is 21.1. The van der Waals surface area contributed by atoms with Crippen LogP contribution in [0.4, 0.5) is 0 Å². The molecule has 2 rings (SSSR count). The van der Waals surface area contributed by atoms with Gasteiger partial charge in [-0.15, -0.1) is 0 Å². The SMILES string of the molecule is CCCCCCCC(CCCC(CCCCCC(=O)[O-])OC(C)=O)OCc1ccccc1.CCCCCCCC(CCCC(CCCCCC(=O)[O-])OC(C)=O)OCc1ccccc1.[Ba+2]. The maximum Gasteiger partial charge on any atom is 2.00 e. The summed E-state index contributed by atoms with van der Waals surface area (Å²) in [4.78, 5) is 44.0. The van der Waals surface area contributed by atoms with Crippen molar-refractivity contribution in [2.45, 2.75) is 245 Å². The second-order valence-electron chi connectivity index (χ2n) is 17.5. The van der Waals surface area contributed by atoms with Crippen molar-refractivity contribution in [2.24, 2.45) is 0 Å². The molecule has 364 valence electrons. The molecule has 2 aromatic carbocycles. The van der Waals surface area contributed by atoms with E-state index in [1.807, 2.05) is 36.4 Å². The number of carbonyl (C=O) groups is 4. The summed E-state index contributed by atoms with van der Waals surface area (Å²) in [6.07, 6.45) is 26.7. The summed E-state index contributed by atoms with van der Waals surface area (Å²) in [6, 6.07) is 20.6. The molecule has 0 radical (unpaired) electrons. The molecule has 0 saturated carbocycles. The average molecular weight is 1030 g/mol. The molecule has 2 aromatic rings. The van der Waals surface area contributed by atoms with E-state index < -0.39 is 11.9 Å². The fourth-order valence-electron chi connectivity index (χ4n) is 7.93. The van der Waals surface area contributed by atoms with Gasteiger partial charge < -0.3 is 38.7 Å².